The summed E-state index contributed by atoms with van der Waals surface area (Å²) in [5, 5.41) is 0.0840. The minimum absolute atomic E-state index is 0.0840. The summed E-state index contributed by atoms with van der Waals surface area (Å²) in [6.45, 7) is 5.37. The molecule has 0 unspecified atom stereocenters. The van der Waals surface area contributed by atoms with E-state index >= 15 is 0 Å². The Morgan fingerprint density at radius 3 is 2.94 bits per heavy atom. The van der Waals surface area contributed by atoms with E-state index in [1.807, 2.05) is 11.9 Å². The second-order valence-corrected chi connectivity index (χ2v) is 4.75. The van der Waals surface area contributed by atoms with Gasteiger partial charge in [-0.3, -0.25) is 9.98 Å². The van der Waals surface area contributed by atoms with E-state index in [2.05, 4.69) is 23.8 Å². The van der Waals surface area contributed by atoms with Crippen molar-refractivity contribution in [3.63, 3.8) is 0 Å². The first-order chi connectivity index (χ1) is 8.00. The Balaban J connectivity index is 2.55. The molecule has 1 aromatic heterocycles. The van der Waals surface area contributed by atoms with Crippen molar-refractivity contribution in [2.24, 2.45) is 10.9 Å². The quantitative estimate of drug-likeness (QED) is 0.599. The number of pyridine rings is 1. The van der Waals surface area contributed by atoms with Gasteiger partial charge in [-0.1, -0.05) is 25.4 Å². The normalized spacial score (nSPS) is 11.4. The van der Waals surface area contributed by atoms with E-state index in [1.165, 1.54) is 12.3 Å². The summed E-state index contributed by atoms with van der Waals surface area (Å²) in [4.78, 5) is 10.0. The third kappa shape index (κ3) is 4.69. The van der Waals surface area contributed by atoms with E-state index in [0.29, 0.717) is 5.92 Å². The molecule has 0 radical (unpaired) electrons. The molecule has 3 nitrogen and oxygen atoms in total. The molecule has 0 bridgehead atoms. The van der Waals surface area contributed by atoms with E-state index in [4.69, 9.17) is 11.6 Å². The van der Waals surface area contributed by atoms with Gasteiger partial charge in [-0.25, -0.2) is 4.39 Å². The number of halogens is 2. The molecule has 0 saturated heterocycles. The van der Waals surface area contributed by atoms with Crippen molar-refractivity contribution in [2.75, 3.05) is 13.6 Å². The standard InChI is InChI=1S/C12H17ClFN3/c1-9(2)7-17(3)8-15-6-11-12(14)10(13)4-5-16-11/h4-5,8-9H,6-7H2,1-3H3. The van der Waals surface area contributed by atoms with Gasteiger partial charge < -0.3 is 4.90 Å². The van der Waals surface area contributed by atoms with Gasteiger partial charge >= 0.3 is 0 Å². The zero-order valence-electron chi connectivity index (χ0n) is 10.3. The summed E-state index contributed by atoms with van der Waals surface area (Å²) in [7, 11) is 1.94. The second-order valence-electron chi connectivity index (χ2n) is 4.34. The summed E-state index contributed by atoms with van der Waals surface area (Å²) in [6, 6.07) is 1.43. The van der Waals surface area contributed by atoms with Crippen molar-refractivity contribution in [2.45, 2.75) is 20.4 Å². The van der Waals surface area contributed by atoms with E-state index in [-0.39, 0.29) is 17.3 Å². The lowest BCUT2D eigenvalue weighted by molar-refractivity contribution is 0.433. The van der Waals surface area contributed by atoms with Gasteiger partial charge in [0.05, 0.1) is 23.6 Å². The van der Waals surface area contributed by atoms with Gasteiger partial charge in [-0.05, 0) is 12.0 Å². The highest BCUT2D eigenvalue weighted by Crippen LogP contribution is 2.15. The van der Waals surface area contributed by atoms with E-state index in [1.54, 1.807) is 6.34 Å². The SMILES string of the molecule is CC(C)CN(C)C=NCc1nccc(Cl)c1F. The predicted octanol–water partition coefficient (Wildman–Crippen LogP) is 2.99. The molecule has 0 N–H and O–H groups in total. The van der Waals surface area contributed by atoms with Crippen molar-refractivity contribution in [1.29, 1.82) is 0 Å². The van der Waals surface area contributed by atoms with Crippen LogP contribution in [0, 0.1) is 11.7 Å². The Morgan fingerprint density at radius 1 is 1.59 bits per heavy atom. The first-order valence-electron chi connectivity index (χ1n) is 5.49. The van der Waals surface area contributed by atoms with Gasteiger partial charge in [0, 0.05) is 19.8 Å². The molecule has 0 spiro atoms. The first kappa shape index (κ1) is 13.9. The zero-order valence-corrected chi connectivity index (χ0v) is 11.1. The monoisotopic (exact) mass is 257 g/mol. The molecule has 5 heteroatoms. The minimum Gasteiger partial charge on any atom is -0.366 e. The molecular weight excluding hydrogens is 241 g/mol. The van der Waals surface area contributed by atoms with E-state index in [0.717, 1.165) is 6.54 Å². The third-order valence-corrected chi connectivity index (χ3v) is 2.38. The molecule has 0 aliphatic heterocycles. The molecule has 1 rings (SSSR count). The van der Waals surface area contributed by atoms with Crippen LogP contribution in [0.25, 0.3) is 0 Å². The van der Waals surface area contributed by atoms with Gasteiger partial charge in [0.25, 0.3) is 0 Å². The second kappa shape index (κ2) is 6.55. The lowest BCUT2D eigenvalue weighted by atomic mass is 10.2. The minimum atomic E-state index is -0.488. The van der Waals surface area contributed by atoms with E-state index < -0.39 is 5.82 Å². The van der Waals surface area contributed by atoms with Crippen LogP contribution in [0.1, 0.15) is 19.5 Å². The van der Waals surface area contributed by atoms with Crippen molar-refractivity contribution in [1.82, 2.24) is 9.88 Å². The largest absolute Gasteiger partial charge is 0.366 e. The molecule has 0 atom stereocenters. The lowest BCUT2D eigenvalue weighted by Crippen LogP contribution is -2.21. The summed E-state index contributed by atoms with van der Waals surface area (Å²) in [5.41, 5.74) is 0.270. The van der Waals surface area contributed by atoms with Crippen molar-refractivity contribution >= 4 is 17.9 Å². The topological polar surface area (TPSA) is 28.5 Å². The Labute approximate surface area is 106 Å². The van der Waals surface area contributed by atoms with Crippen LogP contribution in [-0.2, 0) is 6.54 Å². The van der Waals surface area contributed by atoms with Crippen LogP contribution >= 0.6 is 11.6 Å². The van der Waals surface area contributed by atoms with Gasteiger partial charge in [-0.2, -0.15) is 0 Å². The number of hydrogen-bond acceptors (Lipinski definition) is 2. The Kier molecular flexibility index (Phi) is 5.35. The molecule has 0 fully saturated rings. The smallest absolute Gasteiger partial charge is 0.165 e. The average Bonchev–Trinajstić information content (AvgIpc) is 2.23. The lowest BCUT2D eigenvalue weighted by Gasteiger charge is -2.15. The zero-order chi connectivity index (χ0) is 12.8. The van der Waals surface area contributed by atoms with Crippen LogP contribution in [0.15, 0.2) is 17.3 Å². The molecule has 0 aliphatic carbocycles. The number of aliphatic imine (C=N–C) groups is 1. The molecule has 0 aliphatic rings. The summed E-state index contributed by atoms with van der Waals surface area (Å²) in [5.74, 6) is 0.0744. The molecule has 0 saturated carbocycles. The molecular formula is C12H17ClFN3. The highest BCUT2D eigenvalue weighted by atomic mass is 35.5. The number of hydrogen-bond donors (Lipinski definition) is 0. The number of aromatic nitrogens is 1. The fraction of sp³-hybridized carbons (Fsp3) is 0.500. The molecule has 17 heavy (non-hydrogen) atoms. The summed E-state index contributed by atoms with van der Waals surface area (Å²) in [6.07, 6.45) is 3.18. The van der Waals surface area contributed by atoms with Crippen molar-refractivity contribution < 1.29 is 4.39 Å². The van der Waals surface area contributed by atoms with Crippen LogP contribution in [0.5, 0.6) is 0 Å². The van der Waals surface area contributed by atoms with Crippen LogP contribution in [-0.4, -0.2) is 29.8 Å². The van der Waals surface area contributed by atoms with Crippen LogP contribution in [0.3, 0.4) is 0 Å². The van der Waals surface area contributed by atoms with Crippen LogP contribution in [0.4, 0.5) is 4.39 Å². The Bertz CT molecular complexity index is 393. The fourth-order valence-electron chi connectivity index (χ4n) is 1.46. The number of rotatable bonds is 5. The maximum Gasteiger partial charge on any atom is 0.165 e. The van der Waals surface area contributed by atoms with Crippen molar-refractivity contribution in [3.8, 4) is 0 Å². The van der Waals surface area contributed by atoms with Crippen molar-refractivity contribution in [3.05, 3.63) is 28.8 Å². The van der Waals surface area contributed by atoms with Gasteiger partial charge in [0.15, 0.2) is 5.82 Å². The van der Waals surface area contributed by atoms with E-state index in [9.17, 15) is 4.39 Å². The predicted molar refractivity (Wildman–Crippen MR) is 68.9 cm³/mol. The van der Waals surface area contributed by atoms with Gasteiger partial charge in [-0.15, -0.1) is 0 Å². The third-order valence-electron chi connectivity index (χ3n) is 2.09. The summed E-state index contributed by atoms with van der Waals surface area (Å²) < 4.78 is 13.5. The average molecular weight is 258 g/mol. The molecule has 0 amide bonds. The maximum atomic E-state index is 13.5. The van der Waals surface area contributed by atoms with Crippen LogP contribution < -0.4 is 0 Å². The number of nitrogens with zero attached hydrogens (tertiary/aromatic N) is 3. The Morgan fingerprint density at radius 2 is 2.29 bits per heavy atom. The van der Waals surface area contributed by atoms with Gasteiger partial charge in [0.2, 0.25) is 0 Å². The molecule has 1 heterocycles. The molecule has 0 aromatic carbocycles. The highest BCUT2D eigenvalue weighted by Gasteiger charge is 2.06. The molecule has 1 aromatic rings. The fourth-order valence-corrected chi connectivity index (χ4v) is 1.63. The van der Waals surface area contributed by atoms with Gasteiger partial charge in [0.1, 0.15) is 0 Å². The first-order valence-corrected chi connectivity index (χ1v) is 5.87. The Hall–Kier alpha value is -1.16. The maximum absolute atomic E-state index is 13.5. The van der Waals surface area contributed by atoms with Crippen LogP contribution in [0.2, 0.25) is 5.02 Å². The highest BCUT2D eigenvalue weighted by molar-refractivity contribution is 6.30. The molecule has 94 valence electrons. The summed E-state index contributed by atoms with van der Waals surface area (Å²) >= 11 is 5.65.